The van der Waals surface area contributed by atoms with Crippen LogP contribution in [0.15, 0.2) is 65.7 Å². The Balaban J connectivity index is 1.35. The first-order chi connectivity index (χ1) is 16.1. The van der Waals surface area contributed by atoms with Gasteiger partial charge in [0.05, 0.1) is 11.3 Å². The summed E-state index contributed by atoms with van der Waals surface area (Å²) in [6, 6.07) is 18.0. The topological polar surface area (TPSA) is 62.3 Å². The summed E-state index contributed by atoms with van der Waals surface area (Å²) in [6.45, 7) is 0. The Labute approximate surface area is 203 Å². The van der Waals surface area contributed by atoms with Gasteiger partial charge in [-0.3, -0.25) is 14.9 Å². The molecule has 1 aliphatic rings. The van der Waals surface area contributed by atoms with Crippen molar-refractivity contribution >= 4 is 40.0 Å². The van der Waals surface area contributed by atoms with Gasteiger partial charge in [-0.05, 0) is 30.5 Å². The molecule has 2 amide bonds. The number of hydrogen-bond donors (Lipinski definition) is 1. The van der Waals surface area contributed by atoms with Crippen LogP contribution in [0, 0.1) is 0 Å². The van der Waals surface area contributed by atoms with E-state index in [1.165, 1.54) is 47.9 Å². The fourth-order valence-corrected chi connectivity index (χ4v) is 5.92. The van der Waals surface area contributed by atoms with Crippen molar-refractivity contribution in [2.24, 2.45) is 0 Å². The highest BCUT2D eigenvalue weighted by molar-refractivity contribution is 8.00. The average Bonchev–Trinajstić information content (AvgIpc) is 3.29. The van der Waals surface area contributed by atoms with Crippen molar-refractivity contribution in [2.45, 2.75) is 49.5 Å². The van der Waals surface area contributed by atoms with Crippen LogP contribution < -0.4 is 5.32 Å². The predicted octanol–water partition coefficient (Wildman–Crippen LogP) is 5.87. The number of benzene rings is 2. The lowest BCUT2D eigenvalue weighted by Crippen LogP contribution is -2.39. The van der Waals surface area contributed by atoms with E-state index in [0.29, 0.717) is 22.5 Å². The molecule has 0 spiro atoms. The van der Waals surface area contributed by atoms with E-state index in [4.69, 9.17) is 0 Å². The molecule has 1 heterocycles. The number of aromatic nitrogens is 1. The van der Waals surface area contributed by atoms with Gasteiger partial charge >= 0.3 is 0 Å². The van der Waals surface area contributed by atoms with Crippen LogP contribution in [0.3, 0.4) is 0 Å². The maximum absolute atomic E-state index is 13.0. The van der Waals surface area contributed by atoms with Crippen LogP contribution in [0.5, 0.6) is 0 Å². The van der Waals surface area contributed by atoms with Crippen LogP contribution in [0.4, 0.5) is 5.13 Å². The summed E-state index contributed by atoms with van der Waals surface area (Å²) < 4.78 is 0. The molecule has 1 N–H and O–H groups in total. The molecule has 1 aromatic heterocycles. The number of nitrogens with one attached hydrogen (secondary N) is 1. The van der Waals surface area contributed by atoms with Gasteiger partial charge in [0.15, 0.2) is 5.13 Å². The molecular weight excluding hydrogens is 450 g/mol. The molecule has 3 aromatic rings. The van der Waals surface area contributed by atoms with Gasteiger partial charge in [-0.2, -0.15) is 0 Å². The fourth-order valence-electron chi connectivity index (χ4n) is 4.10. The van der Waals surface area contributed by atoms with E-state index in [0.717, 1.165) is 29.0 Å². The molecule has 1 aliphatic carbocycles. The van der Waals surface area contributed by atoms with Gasteiger partial charge in [-0.25, -0.2) is 4.98 Å². The minimum atomic E-state index is -0.202. The van der Waals surface area contributed by atoms with E-state index >= 15 is 0 Å². The largest absolute Gasteiger partial charge is 0.342 e. The molecule has 0 aliphatic heterocycles. The van der Waals surface area contributed by atoms with Crippen LogP contribution in [0.2, 0.25) is 0 Å². The molecule has 0 bridgehead atoms. The minimum Gasteiger partial charge on any atom is -0.342 e. The zero-order valence-electron chi connectivity index (χ0n) is 18.8. The molecular formula is C26H29N3O2S2. The number of carbonyl (C=O) groups excluding carboxylic acids is 2. The maximum atomic E-state index is 13.0. The van der Waals surface area contributed by atoms with Crippen LogP contribution >= 0.6 is 23.1 Å². The molecule has 172 valence electrons. The van der Waals surface area contributed by atoms with Gasteiger partial charge < -0.3 is 4.90 Å². The fraction of sp³-hybridized carbons (Fsp3) is 0.346. The van der Waals surface area contributed by atoms with Crippen LogP contribution in [0.25, 0.3) is 0 Å². The lowest BCUT2D eigenvalue weighted by atomic mass is 9.94. The second-order valence-electron chi connectivity index (χ2n) is 8.33. The first-order valence-corrected chi connectivity index (χ1v) is 13.2. The molecule has 4 rings (SSSR count). The van der Waals surface area contributed by atoms with Crippen molar-refractivity contribution in [1.82, 2.24) is 9.88 Å². The Kier molecular flexibility index (Phi) is 8.18. The highest BCUT2D eigenvalue weighted by Crippen LogP contribution is 2.27. The van der Waals surface area contributed by atoms with E-state index in [9.17, 15) is 9.59 Å². The van der Waals surface area contributed by atoms with Crippen molar-refractivity contribution in [3.63, 3.8) is 0 Å². The molecule has 5 nitrogen and oxygen atoms in total. The Hall–Kier alpha value is -2.64. The number of carbonyl (C=O) groups is 2. The van der Waals surface area contributed by atoms with Gasteiger partial charge in [0.25, 0.3) is 5.91 Å². The van der Waals surface area contributed by atoms with E-state index in [1.807, 2.05) is 54.5 Å². The summed E-state index contributed by atoms with van der Waals surface area (Å²) in [5.41, 5.74) is 1.78. The van der Waals surface area contributed by atoms with Crippen LogP contribution in [-0.4, -0.2) is 40.5 Å². The predicted molar refractivity (Wildman–Crippen MR) is 136 cm³/mol. The van der Waals surface area contributed by atoms with Crippen LogP contribution in [-0.2, 0) is 11.2 Å². The Bertz CT molecular complexity index is 1080. The van der Waals surface area contributed by atoms with Crippen LogP contribution in [0.1, 0.15) is 52.9 Å². The number of thiazole rings is 1. The highest BCUT2D eigenvalue weighted by Gasteiger charge is 2.22. The zero-order valence-corrected chi connectivity index (χ0v) is 20.5. The summed E-state index contributed by atoms with van der Waals surface area (Å²) in [7, 11) is 1.91. The molecule has 33 heavy (non-hydrogen) atoms. The molecule has 1 saturated carbocycles. The van der Waals surface area contributed by atoms with E-state index in [1.54, 1.807) is 6.07 Å². The molecule has 0 saturated heterocycles. The highest BCUT2D eigenvalue weighted by atomic mass is 32.2. The normalized spacial score (nSPS) is 14.1. The molecule has 1 fully saturated rings. The van der Waals surface area contributed by atoms with Gasteiger partial charge in [0.2, 0.25) is 5.91 Å². The summed E-state index contributed by atoms with van der Waals surface area (Å²) in [4.78, 5) is 33.9. The number of anilines is 1. The third-order valence-electron chi connectivity index (χ3n) is 5.99. The molecule has 0 radical (unpaired) electrons. The Morgan fingerprint density at radius 2 is 1.79 bits per heavy atom. The van der Waals surface area contributed by atoms with E-state index < -0.39 is 0 Å². The number of rotatable bonds is 8. The summed E-state index contributed by atoms with van der Waals surface area (Å²) in [5.74, 6) is 0.245. The van der Waals surface area contributed by atoms with Gasteiger partial charge in [0.1, 0.15) is 0 Å². The quantitative estimate of drug-likeness (QED) is 0.411. The number of hydrogen-bond acceptors (Lipinski definition) is 5. The lowest BCUT2D eigenvalue weighted by molar-refractivity contribution is -0.129. The Morgan fingerprint density at radius 3 is 2.58 bits per heavy atom. The van der Waals surface area contributed by atoms with E-state index in [2.05, 4.69) is 22.4 Å². The van der Waals surface area contributed by atoms with Gasteiger partial charge in [-0.15, -0.1) is 23.1 Å². The summed E-state index contributed by atoms with van der Waals surface area (Å²) in [6.07, 6.45) is 8.44. The molecule has 2 aromatic carbocycles. The summed E-state index contributed by atoms with van der Waals surface area (Å²) >= 11 is 2.91. The lowest BCUT2D eigenvalue weighted by Gasteiger charge is -2.31. The molecule has 7 heteroatoms. The second kappa shape index (κ2) is 11.5. The third kappa shape index (κ3) is 6.45. The number of nitrogens with zero attached hydrogens (tertiary/aromatic N) is 2. The summed E-state index contributed by atoms with van der Waals surface area (Å²) in [5, 5.41) is 3.51. The number of amides is 2. The first kappa shape index (κ1) is 23.5. The maximum Gasteiger partial charge on any atom is 0.258 e. The monoisotopic (exact) mass is 479 g/mol. The van der Waals surface area contributed by atoms with Crippen molar-refractivity contribution in [1.29, 1.82) is 0 Å². The standard InChI is InChI=1S/C26H29N3O2S2/c1-29(20-12-6-3-7-13-20)24(30)18-32-23-15-9-8-14-22(23)25(31)28-26-27-17-21(33-26)16-19-10-4-2-5-11-19/h2,4-5,8-11,14-15,17,20H,3,6-7,12-13,16,18H2,1H3,(H,27,28,31). The smallest absolute Gasteiger partial charge is 0.258 e. The van der Waals surface area contributed by atoms with Crippen molar-refractivity contribution < 1.29 is 9.59 Å². The molecule has 0 atom stereocenters. The van der Waals surface area contributed by atoms with Gasteiger partial charge in [0, 0.05) is 35.5 Å². The van der Waals surface area contributed by atoms with Crippen molar-refractivity contribution in [3.05, 3.63) is 76.8 Å². The Morgan fingerprint density at radius 1 is 1.06 bits per heavy atom. The zero-order chi connectivity index (χ0) is 23.0. The van der Waals surface area contributed by atoms with Crippen molar-refractivity contribution in [2.75, 3.05) is 18.1 Å². The second-order valence-corrected chi connectivity index (χ2v) is 10.5. The van der Waals surface area contributed by atoms with Crippen molar-refractivity contribution in [3.8, 4) is 0 Å². The van der Waals surface area contributed by atoms with Gasteiger partial charge in [-0.1, -0.05) is 61.7 Å². The first-order valence-electron chi connectivity index (χ1n) is 11.4. The third-order valence-corrected chi connectivity index (χ3v) is 7.96. The minimum absolute atomic E-state index is 0.118. The van der Waals surface area contributed by atoms with E-state index in [-0.39, 0.29) is 11.8 Å². The molecule has 0 unspecified atom stereocenters. The average molecular weight is 480 g/mol. The SMILES string of the molecule is CN(C(=O)CSc1ccccc1C(=O)Nc1ncc(Cc2ccccc2)s1)C1CCCCC1. The number of thioether (sulfide) groups is 1.